The summed E-state index contributed by atoms with van der Waals surface area (Å²) in [6.45, 7) is 0. The Kier molecular flexibility index (Phi) is 3.59. The van der Waals surface area contributed by atoms with Gasteiger partial charge in [-0.2, -0.15) is 0 Å². The Hall–Kier alpha value is -2.75. The molecule has 2 aromatic rings. The van der Waals surface area contributed by atoms with Crippen molar-refractivity contribution in [3.05, 3.63) is 58.7 Å². The molecular weight excluding hydrogens is 280 g/mol. The van der Waals surface area contributed by atoms with Crippen molar-refractivity contribution in [3.63, 3.8) is 0 Å². The fourth-order valence-electron chi connectivity index (χ4n) is 2.71. The van der Waals surface area contributed by atoms with Crippen molar-refractivity contribution in [1.29, 1.82) is 0 Å². The molecule has 0 saturated carbocycles. The Bertz CT molecular complexity index is 757. The third kappa shape index (κ3) is 2.33. The Morgan fingerprint density at radius 3 is 2.41 bits per heavy atom. The third-order valence-electron chi connectivity index (χ3n) is 3.79. The largest absolute Gasteiger partial charge is 0.508 e. The first kappa shape index (κ1) is 14.2. The van der Waals surface area contributed by atoms with Crippen molar-refractivity contribution in [1.82, 2.24) is 0 Å². The van der Waals surface area contributed by atoms with Gasteiger partial charge in [0.15, 0.2) is 17.3 Å². The van der Waals surface area contributed by atoms with E-state index in [0.29, 0.717) is 29.1 Å². The lowest BCUT2D eigenvalue weighted by Crippen LogP contribution is -1.97. The summed E-state index contributed by atoms with van der Waals surface area (Å²) < 4.78 is 10.7. The Morgan fingerprint density at radius 2 is 1.77 bits per heavy atom. The lowest BCUT2D eigenvalue weighted by atomic mass is 10.1. The molecule has 0 amide bonds. The van der Waals surface area contributed by atoms with E-state index in [4.69, 9.17) is 9.47 Å². The molecule has 0 atom stereocenters. The second kappa shape index (κ2) is 5.56. The lowest BCUT2D eigenvalue weighted by molar-refractivity contribution is 0.104. The zero-order valence-electron chi connectivity index (χ0n) is 12.4. The Morgan fingerprint density at radius 1 is 1.05 bits per heavy atom. The van der Waals surface area contributed by atoms with Crippen LogP contribution in [-0.4, -0.2) is 25.1 Å². The van der Waals surface area contributed by atoms with Gasteiger partial charge in [-0.25, -0.2) is 0 Å². The molecule has 0 heterocycles. The molecule has 0 aliphatic heterocycles. The molecule has 0 aromatic heterocycles. The number of phenols is 1. The molecule has 2 aromatic carbocycles. The van der Waals surface area contributed by atoms with E-state index in [1.54, 1.807) is 50.6 Å². The van der Waals surface area contributed by atoms with Crippen molar-refractivity contribution in [2.45, 2.75) is 6.42 Å². The Labute approximate surface area is 128 Å². The average molecular weight is 296 g/mol. The molecule has 1 aliphatic carbocycles. The van der Waals surface area contributed by atoms with Gasteiger partial charge in [-0.1, -0.05) is 12.1 Å². The average Bonchev–Trinajstić information content (AvgIpc) is 2.85. The van der Waals surface area contributed by atoms with Crippen LogP contribution in [0.3, 0.4) is 0 Å². The maximum absolute atomic E-state index is 12.5. The molecule has 22 heavy (non-hydrogen) atoms. The van der Waals surface area contributed by atoms with E-state index < -0.39 is 0 Å². The monoisotopic (exact) mass is 296 g/mol. The van der Waals surface area contributed by atoms with E-state index in [2.05, 4.69) is 0 Å². The van der Waals surface area contributed by atoms with Crippen LogP contribution < -0.4 is 9.47 Å². The van der Waals surface area contributed by atoms with Crippen molar-refractivity contribution < 1.29 is 19.4 Å². The molecule has 3 rings (SSSR count). The van der Waals surface area contributed by atoms with Crippen LogP contribution in [0.1, 0.15) is 21.5 Å². The number of phenolic OH excluding ortho intramolecular Hbond substituents is 1. The van der Waals surface area contributed by atoms with Crippen molar-refractivity contribution >= 4 is 11.9 Å². The van der Waals surface area contributed by atoms with Gasteiger partial charge in [0.25, 0.3) is 0 Å². The minimum atomic E-state index is 0.00373. The first-order chi connectivity index (χ1) is 10.6. The number of Topliss-reactive ketones (excluding diaryl/α,β-unsaturated/α-hetero) is 1. The maximum atomic E-state index is 12.5. The molecule has 0 saturated heterocycles. The van der Waals surface area contributed by atoms with Crippen LogP contribution in [0.5, 0.6) is 17.2 Å². The number of ether oxygens (including phenoxy) is 2. The predicted octanol–water partition coefficient (Wildman–Crippen LogP) is 3.23. The summed E-state index contributed by atoms with van der Waals surface area (Å²) in [5.41, 5.74) is 3.09. The fourth-order valence-corrected chi connectivity index (χ4v) is 2.71. The second-order valence-corrected chi connectivity index (χ2v) is 5.09. The summed E-state index contributed by atoms with van der Waals surface area (Å²) in [5, 5.41) is 9.32. The van der Waals surface area contributed by atoms with Gasteiger partial charge >= 0.3 is 0 Å². The smallest absolute Gasteiger partial charge is 0.189 e. The van der Waals surface area contributed by atoms with E-state index in [1.807, 2.05) is 6.08 Å². The standard InChI is InChI=1S/C18H16O4/c1-21-16-8-7-14-15(18(16)22-2)10-12(17(14)20)9-11-3-5-13(19)6-4-11/h3-9,19H,10H2,1-2H3/b12-9+. The van der Waals surface area contributed by atoms with Crippen LogP contribution in [0.25, 0.3) is 6.08 Å². The fraction of sp³-hybridized carbons (Fsp3) is 0.167. The molecule has 1 N–H and O–H groups in total. The summed E-state index contributed by atoms with van der Waals surface area (Å²) in [7, 11) is 3.15. The predicted molar refractivity (Wildman–Crippen MR) is 83.7 cm³/mol. The molecule has 112 valence electrons. The zero-order valence-corrected chi connectivity index (χ0v) is 12.4. The molecule has 1 aliphatic rings. The van der Waals surface area contributed by atoms with Crippen LogP contribution in [0.2, 0.25) is 0 Å². The quantitative estimate of drug-likeness (QED) is 0.884. The number of carbonyl (C=O) groups excluding carboxylic acids is 1. The van der Waals surface area contributed by atoms with E-state index in [-0.39, 0.29) is 11.5 Å². The van der Waals surface area contributed by atoms with Crippen molar-refractivity contribution in [3.8, 4) is 17.2 Å². The molecule has 0 unspecified atom stereocenters. The van der Waals surface area contributed by atoms with Gasteiger partial charge in [-0.3, -0.25) is 4.79 Å². The van der Waals surface area contributed by atoms with Gasteiger partial charge in [0.05, 0.1) is 14.2 Å². The van der Waals surface area contributed by atoms with E-state index in [9.17, 15) is 9.90 Å². The van der Waals surface area contributed by atoms with Crippen molar-refractivity contribution in [2.75, 3.05) is 14.2 Å². The van der Waals surface area contributed by atoms with Crippen LogP contribution in [-0.2, 0) is 6.42 Å². The molecule has 0 spiro atoms. The topological polar surface area (TPSA) is 55.8 Å². The van der Waals surface area contributed by atoms with Gasteiger partial charge in [0, 0.05) is 23.1 Å². The molecule has 0 radical (unpaired) electrons. The molecular formula is C18H16O4. The SMILES string of the molecule is COc1ccc2c(c1OC)C/C(=C\c1ccc(O)cc1)C2=O. The number of rotatable bonds is 3. The number of methoxy groups -OCH3 is 2. The summed E-state index contributed by atoms with van der Waals surface area (Å²) in [6.07, 6.45) is 2.35. The van der Waals surface area contributed by atoms with Crippen LogP contribution in [0.4, 0.5) is 0 Å². The van der Waals surface area contributed by atoms with Gasteiger partial charge < -0.3 is 14.6 Å². The lowest BCUT2D eigenvalue weighted by Gasteiger charge is -2.10. The van der Waals surface area contributed by atoms with E-state index >= 15 is 0 Å². The van der Waals surface area contributed by atoms with Crippen LogP contribution >= 0.6 is 0 Å². The highest BCUT2D eigenvalue weighted by atomic mass is 16.5. The second-order valence-electron chi connectivity index (χ2n) is 5.09. The maximum Gasteiger partial charge on any atom is 0.189 e. The van der Waals surface area contributed by atoms with Crippen molar-refractivity contribution in [2.24, 2.45) is 0 Å². The van der Waals surface area contributed by atoms with Crippen LogP contribution in [0.15, 0.2) is 42.0 Å². The minimum Gasteiger partial charge on any atom is -0.508 e. The summed E-state index contributed by atoms with van der Waals surface area (Å²) in [4.78, 5) is 12.5. The highest BCUT2D eigenvalue weighted by Gasteiger charge is 2.29. The number of hydrogen-bond acceptors (Lipinski definition) is 4. The number of carbonyl (C=O) groups is 1. The van der Waals surface area contributed by atoms with Gasteiger partial charge in [0.1, 0.15) is 5.75 Å². The summed E-state index contributed by atoms with van der Waals surface area (Å²) in [6, 6.07) is 10.3. The number of ketones is 1. The Balaban J connectivity index is 2.02. The molecule has 4 heteroatoms. The number of allylic oxidation sites excluding steroid dienone is 1. The highest BCUT2D eigenvalue weighted by Crippen LogP contribution is 2.40. The third-order valence-corrected chi connectivity index (χ3v) is 3.79. The minimum absolute atomic E-state index is 0.00373. The van der Waals surface area contributed by atoms with E-state index in [1.165, 1.54) is 0 Å². The molecule has 0 fully saturated rings. The number of fused-ring (bicyclic) bond motifs is 1. The number of hydrogen-bond donors (Lipinski definition) is 1. The first-order valence-electron chi connectivity index (χ1n) is 6.92. The van der Waals surface area contributed by atoms with Gasteiger partial charge in [0.2, 0.25) is 0 Å². The number of benzene rings is 2. The van der Waals surface area contributed by atoms with E-state index in [0.717, 1.165) is 11.1 Å². The van der Waals surface area contributed by atoms with Gasteiger partial charge in [-0.05, 0) is 35.9 Å². The molecule has 0 bridgehead atoms. The number of aromatic hydroxyl groups is 1. The summed E-state index contributed by atoms with van der Waals surface area (Å²) >= 11 is 0. The zero-order chi connectivity index (χ0) is 15.7. The summed E-state index contributed by atoms with van der Waals surface area (Å²) in [5.74, 6) is 1.45. The van der Waals surface area contributed by atoms with Crippen LogP contribution in [0, 0.1) is 0 Å². The normalized spacial score (nSPS) is 15.0. The first-order valence-corrected chi connectivity index (χ1v) is 6.92. The van der Waals surface area contributed by atoms with Gasteiger partial charge in [-0.15, -0.1) is 0 Å². The highest BCUT2D eigenvalue weighted by molar-refractivity contribution is 6.16. The molecule has 4 nitrogen and oxygen atoms in total.